The fourth-order valence-electron chi connectivity index (χ4n) is 5.63. The second kappa shape index (κ2) is 10.8. The third kappa shape index (κ3) is 5.28. The number of halogens is 2. The van der Waals surface area contributed by atoms with E-state index < -0.39 is 0 Å². The molecular formula is C33H26ClFN4OS. The minimum atomic E-state index is -0.184. The van der Waals surface area contributed by atoms with Crippen LogP contribution in [0.1, 0.15) is 30.0 Å². The number of likely N-dealkylation sites (tertiary alicyclic amines) is 1. The van der Waals surface area contributed by atoms with E-state index in [4.69, 9.17) is 16.6 Å². The first kappa shape index (κ1) is 26.0. The Morgan fingerprint density at radius 3 is 2.46 bits per heavy atom. The first-order valence-electron chi connectivity index (χ1n) is 13.7. The van der Waals surface area contributed by atoms with Gasteiger partial charge in [0.05, 0.1) is 22.4 Å². The number of piperidine rings is 1. The molecule has 1 saturated heterocycles. The zero-order valence-corrected chi connectivity index (χ0v) is 23.7. The van der Waals surface area contributed by atoms with E-state index in [0.717, 1.165) is 65.2 Å². The smallest absolute Gasteiger partial charge is 0.275 e. The van der Waals surface area contributed by atoms with Crippen LogP contribution in [0.15, 0.2) is 96.1 Å². The second-order valence-electron chi connectivity index (χ2n) is 10.5. The van der Waals surface area contributed by atoms with Crippen LogP contribution in [0.25, 0.3) is 37.2 Å². The Labute approximate surface area is 245 Å². The molecule has 204 valence electrons. The summed E-state index contributed by atoms with van der Waals surface area (Å²) in [5, 5.41) is 1.65. The SMILES string of the molecule is O=c1c2sc(-c3ccc(Cl)cc3)cc2ncn1-c1ccc2nc(CN3CCC(c4ccc(F)cc4)CC3)ccc2c1. The molecule has 3 aromatic heterocycles. The van der Waals surface area contributed by atoms with E-state index in [9.17, 15) is 9.18 Å². The van der Waals surface area contributed by atoms with Gasteiger partial charge < -0.3 is 0 Å². The van der Waals surface area contributed by atoms with Crippen LogP contribution in [-0.4, -0.2) is 32.5 Å². The van der Waals surface area contributed by atoms with Crippen molar-refractivity contribution >= 4 is 44.1 Å². The first-order chi connectivity index (χ1) is 20.0. The molecule has 0 atom stereocenters. The number of thiophene rings is 1. The summed E-state index contributed by atoms with van der Waals surface area (Å²) in [5.41, 5.74) is 5.52. The summed E-state index contributed by atoms with van der Waals surface area (Å²) in [6, 6.07) is 26.5. The molecule has 4 heterocycles. The van der Waals surface area contributed by atoms with Crippen molar-refractivity contribution in [2.75, 3.05) is 13.1 Å². The predicted molar refractivity (Wildman–Crippen MR) is 165 cm³/mol. The predicted octanol–water partition coefficient (Wildman–Crippen LogP) is 7.83. The molecule has 0 aliphatic carbocycles. The van der Waals surface area contributed by atoms with Crippen LogP contribution in [-0.2, 0) is 6.54 Å². The number of nitrogens with zero attached hydrogens (tertiary/aromatic N) is 4. The van der Waals surface area contributed by atoms with Gasteiger partial charge in [0.25, 0.3) is 5.56 Å². The Kier molecular flexibility index (Phi) is 6.87. The summed E-state index contributed by atoms with van der Waals surface area (Å²) < 4.78 is 15.5. The Morgan fingerprint density at radius 2 is 1.68 bits per heavy atom. The monoisotopic (exact) mass is 580 g/mol. The Bertz CT molecular complexity index is 1930. The second-order valence-corrected chi connectivity index (χ2v) is 12.0. The third-order valence-electron chi connectivity index (χ3n) is 7.89. The fourth-order valence-corrected chi connectivity index (χ4v) is 6.81. The molecule has 0 N–H and O–H groups in total. The van der Waals surface area contributed by atoms with Crippen molar-refractivity contribution in [1.29, 1.82) is 0 Å². The van der Waals surface area contributed by atoms with Crippen molar-refractivity contribution in [3.63, 3.8) is 0 Å². The highest BCUT2D eigenvalue weighted by Gasteiger charge is 2.21. The van der Waals surface area contributed by atoms with Crippen LogP contribution >= 0.6 is 22.9 Å². The molecule has 6 aromatic rings. The van der Waals surface area contributed by atoms with Gasteiger partial charge >= 0.3 is 0 Å². The average molecular weight is 581 g/mol. The van der Waals surface area contributed by atoms with Crippen LogP contribution in [0, 0.1) is 5.82 Å². The highest BCUT2D eigenvalue weighted by atomic mass is 35.5. The van der Waals surface area contributed by atoms with E-state index in [-0.39, 0.29) is 11.4 Å². The lowest BCUT2D eigenvalue weighted by atomic mass is 9.89. The van der Waals surface area contributed by atoms with Crippen LogP contribution < -0.4 is 5.56 Å². The standard InChI is InChI=1S/C33H26ClFN4OS/c34-25-6-1-23(2-7-25)31-18-30-32(41-31)33(40)39(20-36-30)28-11-12-29-24(17-28)5-10-27(37-29)19-38-15-13-22(14-16-38)21-3-8-26(35)9-4-21/h1-12,17-18,20,22H,13-16,19H2. The Balaban J connectivity index is 1.08. The zero-order valence-electron chi connectivity index (χ0n) is 22.1. The molecule has 0 spiro atoms. The highest BCUT2D eigenvalue weighted by molar-refractivity contribution is 7.22. The summed E-state index contributed by atoms with van der Waals surface area (Å²) in [6.45, 7) is 2.77. The van der Waals surface area contributed by atoms with E-state index in [2.05, 4.69) is 22.0 Å². The molecule has 1 aliphatic heterocycles. The first-order valence-corrected chi connectivity index (χ1v) is 14.8. The lowest BCUT2D eigenvalue weighted by Gasteiger charge is -2.32. The van der Waals surface area contributed by atoms with Crippen molar-refractivity contribution in [1.82, 2.24) is 19.4 Å². The van der Waals surface area contributed by atoms with Crippen molar-refractivity contribution in [2.24, 2.45) is 0 Å². The van der Waals surface area contributed by atoms with Gasteiger partial charge in [-0.25, -0.2) is 9.37 Å². The van der Waals surface area contributed by atoms with Crippen molar-refractivity contribution in [3.8, 4) is 16.1 Å². The van der Waals surface area contributed by atoms with Gasteiger partial charge in [-0.1, -0.05) is 41.9 Å². The van der Waals surface area contributed by atoms with Crippen LogP contribution in [0.3, 0.4) is 0 Å². The quantitative estimate of drug-likeness (QED) is 0.208. The number of hydrogen-bond donors (Lipinski definition) is 0. The maximum absolute atomic E-state index is 13.4. The minimum Gasteiger partial charge on any atom is -0.297 e. The fraction of sp³-hybridized carbons (Fsp3) is 0.182. The van der Waals surface area contributed by atoms with Crippen LogP contribution in [0.4, 0.5) is 4.39 Å². The van der Waals surface area contributed by atoms with Crippen LogP contribution in [0.5, 0.6) is 0 Å². The molecule has 0 bridgehead atoms. The van der Waals surface area contributed by atoms with E-state index in [1.54, 1.807) is 23.0 Å². The lowest BCUT2D eigenvalue weighted by Crippen LogP contribution is -2.32. The van der Waals surface area contributed by atoms with Gasteiger partial charge in [0.15, 0.2) is 0 Å². The Hall–Kier alpha value is -3.91. The summed E-state index contributed by atoms with van der Waals surface area (Å²) in [4.78, 5) is 26.3. The average Bonchev–Trinajstić information content (AvgIpc) is 3.44. The van der Waals surface area contributed by atoms with Gasteiger partial charge in [-0.15, -0.1) is 11.3 Å². The van der Waals surface area contributed by atoms with Crippen molar-refractivity contribution in [3.05, 3.63) is 124 Å². The number of aromatic nitrogens is 3. The number of pyridine rings is 1. The number of fused-ring (bicyclic) bond motifs is 2. The summed E-state index contributed by atoms with van der Waals surface area (Å²) in [7, 11) is 0. The van der Waals surface area contributed by atoms with Gasteiger partial charge in [0, 0.05) is 21.8 Å². The largest absolute Gasteiger partial charge is 0.297 e. The van der Waals surface area contributed by atoms with Crippen molar-refractivity contribution < 1.29 is 4.39 Å². The molecule has 3 aromatic carbocycles. The molecular weight excluding hydrogens is 555 g/mol. The third-order valence-corrected chi connectivity index (χ3v) is 9.30. The van der Waals surface area contributed by atoms with Gasteiger partial charge in [0.2, 0.25) is 0 Å². The van der Waals surface area contributed by atoms with E-state index in [1.807, 2.05) is 60.7 Å². The molecule has 1 fully saturated rings. The molecule has 7 rings (SSSR count). The molecule has 1 aliphatic rings. The van der Waals surface area contributed by atoms with E-state index in [1.165, 1.54) is 16.9 Å². The number of benzene rings is 3. The normalized spacial score (nSPS) is 14.7. The van der Waals surface area contributed by atoms with Crippen molar-refractivity contribution in [2.45, 2.75) is 25.3 Å². The van der Waals surface area contributed by atoms with Gasteiger partial charge in [-0.2, -0.15) is 0 Å². The summed E-state index contributed by atoms with van der Waals surface area (Å²) in [6.07, 6.45) is 3.71. The van der Waals surface area contributed by atoms with E-state index in [0.29, 0.717) is 21.2 Å². The Morgan fingerprint density at radius 1 is 0.902 bits per heavy atom. The summed E-state index contributed by atoms with van der Waals surface area (Å²) >= 11 is 7.48. The molecule has 0 amide bonds. The van der Waals surface area contributed by atoms with Gasteiger partial charge in [-0.05, 0) is 97.6 Å². The summed E-state index contributed by atoms with van der Waals surface area (Å²) in [5.74, 6) is 0.293. The molecule has 8 heteroatoms. The molecule has 0 saturated carbocycles. The minimum absolute atomic E-state index is 0.0896. The maximum Gasteiger partial charge on any atom is 0.275 e. The zero-order chi connectivity index (χ0) is 27.9. The van der Waals surface area contributed by atoms with Crippen LogP contribution in [0.2, 0.25) is 5.02 Å². The van der Waals surface area contributed by atoms with Gasteiger partial charge in [-0.3, -0.25) is 19.2 Å². The lowest BCUT2D eigenvalue weighted by molar-refractivity contribution is 0.202. The number of hydrogen-bond acceptors (Lipinski definition) is 5. The molecule has 0 radical (unpaired) electrons. The number of rotatable bonds is 5. The molecule has 0 unspecified atom stereocenters. The molecule has 41 heavy (non-hydrogen) atoms. The van der Waals surface area contributed by atoms with E-state index >= 15 is 0 Å². The molecule has 5 nitrogen and oxygen atoms in total. The topological polar surface area (TPSA) is 51.0 Å². The van der Waals surface area contributed by atoms with Gasteiger partial charge in [0.1, 0.15) is 16.8 Å². The maximum atomic E-state index is 13.4. The highest BCUT2D eigenvalue weighted by Crippen LogP contribution is 2.32.